The van der Waals surface area contributed by atoms with Gasteiger partial charge >= 0.3 is 12.2 Å². The Hall–Kier alpha value is -2.40. The third-order valence-electron chi connectivity index (χ3n) is 4.12. The lowest BCUT2D eigenvalue weighted by molar-refractivity contribution is -0.137. The van der Waals surface area contributed by atoms with Gasteiger partial charge in [0.05, 0.1) is 30.2 Å². The van der Waals surface area contributed by atoms with Crippen LogP contribution in [0.3, 0.4) is 0 Å². The summed E-state index contributed by atoms with van der Waals surface area (Å²) in [6.07, 6.45) is 1.73. The van der Waals surface area contributed by atoms with Gasteiger partial charge in [-0.1, -0.05) is 6.92 Å². The van der Waals surface area contributed by atoms with Crippen molar-refractivity contribution < 1.29 is 22.7 Å². The molecule has 0 spiro atoms. The molecule has 5 nitrogen and oxygen atoms in total. The molecule has 0 aromatic heterocycles. The van der Waals surface area contributed by atoms with Crippen LogP contribution in [0.2, 0.25) is 0 Å². The Kier molecular flexibility index (Phi) is 6.75. The Balaban J connectivity index is 2.24. The first-order valence-electron chi connectivity index (χ1n) is 8.40. The van der Waals surface area contributed by atoms with Gasteiger partial charge in [-0.25, -0.2) is 4.79 Å². The molecule has 0 saturated carbocycles. The highest BCUT2D eigenvalue weighted by Gasteiger charge is 2.32. The number of carbonyl (C=O) groups excluding carboxylic acids is 1. The monoisotopic (exact) mass is 369 g/mol. The fraction of sp³-hybridized carbons (Fsp3) is 0.500. The maximum absolute atomic E-state index is 13.1. The third kappa shape index (κ3) is 5.30. The maximum Gasteiger partial charge on any atom is 0.416 e. The summed E-state index contributed by atoms with van der Waals surface area (Å²) >= 11 is 0. The molecule has 2 N–H and O–H groups in total. The van der Waals surface area contributed by atoms with Crippen molar-refractivity contribution in [2.45, 2.75) is 32.0 Å². The molecule has 1 aromatic rings. The number of alkyl halides is 3. The van der Waals surface area contributed by atoms with Gasteiger partial charge in [0, 0.05) is 25.6 Å². The molecule has 1 saturated heterocycles. The molecular weight excluding hydrogens is 347 g/mol. The topological polar surface area (TPSA) is 53.6 Å². The second-order valence-corrected chi connectivity index (χ2v) is 5.94. The van der Waals surface area contributed by atoms with Crippen LogP contribution in [0.5, 0.6) is 0 Å². The number of nitrogens with zero attached hydrogens (tertiary/aromatic N) is 1. The van der Waals surface area contributed by atoms with E-state index in [2.05, 4.69) is 16.6 Å². The molecule has 0 bridgehead atoms. The largest absolute Gasteiger partial charge is 0.416 e. The molecule has 1 unspecified atom stereocenters. The summed E-state index contributed by atoms with van der Waals surface area (Å²) in [6.45, 7) is 3.90. The van der Waals surface area contributed by atoms with Crippen molar-refractivity contribution in [2.24, 2.45) is 0 Å². The van der Waals surface area contributed by atoms with Gasteiger partial charge in [-0.3, -0.25) is 0 Å². The smallest absolute Gasteiger partial charge is 0.378 e. The molecule has 2 amide bonds. The zero-order valence-corrected chi connectivity index (χ0v) is 14.5. The first kappa shape index (κ1) is 19.9. The van der Waals surface area contributed by atoms with Crippen molar-refractivity contribution in [1.82, 2.24) is 5.32 Å². The fourth-order valence-corrected chi connectivity index (χ4v) is 2.68. The number of ether oxygens (including phenoxy) is 1. The summed E-state index contributed by atoms with van der Waals surface area (Å²) in [6, 6.07) is 2.52. The normalized spacial score (nSPS) is 15.9. The molecule has 2 rings (SSSR count). The molecule has 1 aliphatic rings. The van der Waals surface area contributed by atoms with Crippen LogP contribution in [0.4, 0.5) is 29.3 Å². The Morgan fingerprint density at radius 1 is 1.38 bits per heavy atom. The summed E-state index contributed by atoms with van der Waals surface area (Å²) < 4.78 is 44.5. The number of halogens is 3. The zero-order chi connectivity index (χ0) is 19.2. The lowest BCUT2D eigenvalue weighted by Crippen LogP contribution is -2.39. The van der Waals surface area contributed by atoms with Crippen LogP contribution < -0.4 is 15.5 Å². The van der Waals surface area contributed by atoms with Crippen molar-refractivity contribution in [2.75, 3.05) is 36.5 Å². The molecule has 1 aliphatic heterocycles. The number of benzene rings is 1. The zero-order valence-electron chi connectivity index (χ0n) is 14.5. The minimum atomic E-state index is -4.49. The van der Waals surface area contributed by atoms with Crippen LogP contribution in [-0.2, 0) is 10.9 Å². The predicted octanol–water partition coefficient (Wildman–Crippen LogP) is 3.47. The number of hydrogen-bond acceptors (Lipinski definition) is 3. The van der Waals surface area contributed by atoms with E-state index in [1.807, 2.05) is 11.8 Å². The van der Waals surface area contributed by atoms with Gasteiger partial charge in [-0.15, -0.1) is 12.3 Å². The van der Waals surface area contributed by atoms with E-state index in [9.17, 15) is 18.0 Å². The number of anilines is 2. The SMILES string of the molecule is C#CCC(CC)NC(=O)Nc1cc(C(F)(F)F)ccc1N1CCOCC1. The van der Waals surface area contributed by atoms with Crippen LogP contribution in [0.25, 0.3) is 0 Å². The minimum Gasteiger partial charge on any atom is -0.378 e. The van der Waals surface area contributed by atoms with Gasteiger partial charge in [0.25, 0.3) is 0 Å². The van der Waals surface area contributed by atoms with Crippen molar-refractivity contribution in [3.63, 3.8) is 0 Å². The van der Waals surface area contributed by atoms with Crippen molar-refractivity contribution >= 4 is 17.4 Å². The fourth-order valence-electron chi connectivity index (χ4n) is 2.68. The van der Waals surface area contributed by atoms with Crippen LogP contribution in [-0.4, -0.2) is 38.4 Å². The van der Waals surface area contributed by atoms with E-state index in [0.29, 0.717) is 44.8 Å². The van der Waals surface area contributed by atoms with Crippen molar-refractivity contribution in [3.8, 4) is 12.3 Å². The summed E-state index contributed by atoms with van der Waals surface area (Å²) in [7, 11) is 0. The number of morpholine rings is 1. The quantitative estimate of drug-likeness (QED) is 0.782. The maximum atomic E-state index is 13.1. The van der Waals surface area contributed by atoms with E-state index >= 15 is 0 Å². The number of nitrogens with one attached hydrogen (secondary N) is 2. The molecule has 8 heteroatoms. The lowest BCUT2D eigenvalue weighted by Gasteiger charge is -2.31. The third-order valence-corrected chi connectivity index (χ3v) is 4.12. The molecule has 1 heterocycles. The molecule has 1 fully saturated rings. The summed E-state index contributed by atoms with van der Waals surface area (Å²) in [4.78, 5) is 14.1. The first-order chi connectivity index (χ1) is 12.3. The van der Waals surface area contributed by atoms with Gasteiger partial charge < -0.3 is 20.3 Å². The standard InChI is InChI=1S/C18H22F3N3O2/c1-3-5-14(4-2)22-17(25)23-15-12-13(18(19,20)21)6-7-16(15)24-8-10-26-11-9-24/h1,6-7,12,14H,4-5,8-11H2,2H3,(H2,22,23,25). The molecule has 0 aliphatic carbocycles. The predicted molar refractivity (Wildman–Crippen MR) is 94.2 cm³/mol. The van der Waals surface area contributed by atoms with Gasteiger partial charge in [0.2, 0.25) is 0 Å². The Morgan fingerprint density at radius 3 is 2.65 bits per heavy atom. The van der Waals surface area contributed by atoms with Gasteiger partial charge in [0.15, 0.2) is 0 Å². The Morgan fingerprint density at radius 2 is 2.08 bits per heavy atom. The van der Waals surface area contributed by atoms with Crippen molar-refractivity contribution in [3.05, 3.63) is 23.8 Å². The average Bonchev–Trinajstić information content (AvgIpc) is 2.61. The van der Waals surface area contributed by atoms with E-state index in [1.54, 1.807) is 0 Å². The first-order valence-corrected chi connectivity index (χ1v) is 8.40. The van der Waals surface area contributed by atoms with Crippen LogP contribution in [0, 0.1) is 12.3 Å². The van der Waals surface area contributed by atoms with Crippen LogP contribution >= 0.6 is 0 Å². The van der Waals surface area contributed by atoms with Gasteiger partial charge in [0.1, 0.15) is 0 Å². The molecule has 1 atom stereocenters. The lowest BCUT2D eigenvalue weighted by atomic mass is 10.1. The average molecular weight is 369 g/mol. The highest BCUT2D eigenvalue weighted by atomic mass is 19.4. The number of hydrogen-bond donors (Lipinski definition) is 2. The highest BCUT2D eigenvalue weighted by Crippen LogP contribution is 2.35. The Labute approximate surface area is 150 Å². The van der Waals surface area contributed by atoms with E-state index in [0.717, 1.165) is 12.1 Å². The van der Waals surface area contributed by atoms with E-state index in [4.69, 9.17) is 11.2 Å². The summed E-state index contributed by atoms with van der Waals surface area (Å²) in [5, 5.41) is 5.23. The molecular formula is C18H22F3N3O2. The number of carbonyl (C=O) groups is 1. The van der Waals surface area contributed by atoms with Gasteiger partial charge in [-0.05, 0) is 24.6 Å². The number of terminal acetylenes is 1. The molecule has 142 valence electrons. The second kappa shape index (κ2) is 8.81. The minimum absolute atomic E-state index is 0.106. The highest BCUT2D eigenvalue weighted by molar-refractivity contribution is 5.93. The number of urea groups is 1. The van der Waals surface area contributed by atoms with E-state index < -0.39 is 17.8 Å². The van der Waals surface area contributed by atoms with Crippen LogP contribution in [0.15, 0.2) is 18.2 Å². The number of amides is 2. The molecule has 1 aromatic carbocycles. The van der Waals surface area contributed by atoms with E-state index in [-0.39, 0.29) is 11.7 Å². The Bertz CT molecular complexity index is 665. The van der Waals surface area contributed by atoms with Crippen molar-refractivity contribution in [1.29, 1.82) is 0 Å². The molecule has 26 heavy (non-hydrogen) atoms. The number of rotatable bonds is 5. The van der Waals surface area contributed by atoms with Gasteiger partial charge in [-0.2, -0.15) is 13.2 Å². The summed E-state index contributed by atoms with van der Waals surface area (Å²) in [5.74, 6) is 2.47. The van der Waals surface area contributed by atoms with Crippen LogP contribution in [0.1, 0.15) is 25.3 Å². The second-order valence-electron chi connectivity index (χ2n) is 5.94. The van der Waals surface area contributed by atoms with E-state index in [1.165, 1.54) is 6.07 Å². The molecule has 0 radical (unpaired) electrons. The summed E-state index contributed by atoms with van der Waals surface area (Å²) in [5.41, 5.74) is -0.184.